The predicted octanol–water partition coefficient (Wildman–Crippen LogP) is 5.12. The minimum Gasteiger partial charge on any atom is -0.495 e. The summed E-state index contributed by atoms with van der Waals surface area (Å²) in [4.78, 5) is 4.65. The largest absolute Gasteiger partial charge is 0.495 e. The lowest BCUT2D eigenvalue weighted by Gasteiger charge is -2.23. The third-order valence-corrected chi connectivity index (χ3v) is 5.71. The molecule has 2 N–H and O–H groups in total. The highest BCUT2D eigenvalue weighted by Gasteiger charge is 2.26. The summed E-state index contributed by atoms with van der Waals surface area (Å²) in [6.07, 6.45) is 6.64. The highest BCUT2D eigenvalue weighted by Crippen LogP contribution is 2.43. The molecule has 1 fully saturated rings. The van der Waals surface area contributed by atoms with Gasteiger partial charge in [0.15, 0.2) is 5.84 Å². The number of hydrogen-bond acceptors (Lipinski definition) is 4. The maximum absolute atomic E-state index is 8.29. The lowest BCUT2D eigenvalue weighted by molar-refractivity contribution is 0.394. The van der Waals surface area contributed by atoms with Crippen LogP contribution in [0.1, 0.15) is 31.2 Å². The topological polar surface area (TPSA) is 66.7 Å². The number of rotatable bonds is 5. The standard InChI is InChI=1S/C20H23Cl2N3O2/c1-11-8-13(16-17(21)14(26-2)9-15(27-3)18(16)22)25-20(19(11)23)24-10-12-6-4-5-7-12/h8-9,12,23H,1,4-7,10H2,2-3H3,(H,24,25). The Bertz CT molecular complexity index is 812. The highest BCUT2D eigenvalue weighted by molar-refractivity contribution is 6.50. The lowest BCUT2D eigenvalue weighted by atomic mass is 10.0. The van der Waals surface area contributed by atoms with Gasteiger partial charge in [-0.1, -0.05) is 42.6 Å². The molecule has 1 aromatic rings. The van der Waals surface area contributed by atoms with Crippen molar-refractivity contribution in [1.82, 2.24) is 5.32 Å². The van der Waals surface area contributed by atoms with E-state index in [0.29, 0.717) is 56.7 Å². The SMILES string of the molecule is C=C1C=C(c2c(Cl)c(OC)cc(OC)c2Cl)NC(=NCC2CCCC2)C1=N. The van der Waals surface area contributed by atoms with E-state index in [9.17, 15) is 0 Å². The van der Waals surface area contributed by atoms with Gasteiger partial charge in [0.1, 0.15) is 17.2 Å². The Kier molecular flexibility index (Phi) is 6.12. The number of ether oxygens (including phenoxy) is 2. The molecule has 1 saturated carbocycles. The molecule has 0 atom stereocenters. The number of methoxy groups -OCH3 is 2. The van der Waals surface area contributed by atoms with Crippen LogP contribution in [-0.2, 0) is 0 Å². The van der Waals surface area contributed by atoms with Gasteiger partial charge >= 0.3 is 0 Å². The number of allylic oxidation sites excluding steroid dienone is 1. The second-order valence-corrected chi connectivity index (χ2v) is 7.46. The average Bonchev–Trinajstić information content (AvgIpc) is 3.17. The van der Waals surface area contributed by atoms with Crippen molar-refractivity contribution in [2.75, 3.05) is 20.8 Å². The van der Waals surface area contributed by atoms with E-state index in [0.717, 1.165) is 0 Å². The van der Waals surface area contributed by atoms with E-state index in [1.807, 2.05) is 0 Å². The van der Waals surface area contributed by atoms with Crippen LogP contribution in [0.3, 0.4) is 0 Å². The smallest absolute Gasteiger partial charge is 0.151 e. The molecule has 0 spiro atoms. The van der Waals surface area contributed by atoms with Crippen LogP contribution in [0.4, 0.5) is 0 Å². The van der Waals surface area contributed by atoms with Crippen molar-refractivity contribution in [1.29, 1.82) is 5.41 Å². The molecule has 0 unspecified atom stereocenters. The zero-order chi connectivity index (χ0) is 19.6. The van der Waals surface area contributed by atoms with Crippen molar-refractivity contribution in [2.45, 2.75) is 25.7 Å². The van der Waals surface area contributed by atoms with Crippen LogP contribution in [0, 0.1) is 11.3 Å². The van der Waals surface area contributed by atoms with Crippen LogP contribution in [0.15, 0.2) is 29.3 Å². The molecule has 1 heterocycles. The van der Waals surface area contributed by atoms with Gasteiger partial charge < -0.3 is 14.8 Å². The number of halogens is 2. The van der Waals surface area contributed by atoms with E-state index in [1.165, 1.54) is 39.9 Å². The minimum absolute atomic E-state index is 0.277. The molecule has 5 nitrogen and oxygen atoms in total. The second kappa shape index (κ2) is 8.36. The number of nitrogens with zero attached hydrogens (tertiary/aromatic N) is 1. The van der Waals surface area contributed by atoms with Gasteiger partial charge in [0.25, 0.3) is 0 Å². The Labute approximate surface area is 169 Å². The third kappa shape index (κ3) is 3.99. The molecule has 27 heavy (non-hydrogen) atoms. The predicted molar refractivity (Wildman–Crippen MR) is 112 cm³/mol. The average molecular weight is 408 g/mol. The van der Waals surface area contributed by atoms with Crippen LogP contribution < -0.4 is 14.8 Å². The van der Waals surface area contributed by atoms with E-state index in [4.69, 9.17) is 38.1 Å². The Balaban J connectivity index is 1.99. The highest BCUT2D eigenvalue weighted by atomic mass is 35.5. The molecular formula is C20H23Cl2N3O2. The van der Waals surface area contributed by atoms with Crippen LogP contribution in [0.2, 0.25) is 10.0 Å². The van der Waals surface area contributed by atoms with E-state index < -0.39 is 0 Å². The van der Waals surface area contributed by atoms with Crippen molar-refractivity contribution in [3.8, 4) is 11.5 Å². The number of nitrogens with one attached hydrogen (secondary N) is 2. The van der Waals surface area contributed by atoms with Crippen molar-refractivity contribution in [3.05, 3.63) is 39.9 Å². The van der Waals surface area contributed by atoms with Gasteiger partial charge in [-0.15, -0.1) is 0 Å². The quantitative estimate of drug-likeness (QED) is 0.711. The first kappa shape index (κ1) is 19.8. The fourth-order valence-electron chi connectivity index (χ4n) is 3.41. The maximum Gasteiger partial charge on any atom is 0.151 e. The molecule has 1 aliphatic carbocycles. The van der Waals surface area contributed by atoms with Crippen molar-refractivity contribution in [2.24, 2.45) is 10.9 Å². The van der Waals surface area contributed by atoms with E-state index in [1.54, 1.807) is 12.1 Å². The van der Waals surface area contributed by atoms with Crippen LogP contribution in [0.25, 0.3) is 5.70 Å². The first-order chi connectivity index (χ1) is 13.0. The summed E-state index contributed by atoms with van der Waals surface area (Å²) in [7, 11) is 3.06. The third-order valence-electron chi connectivity index (χ3n) is 4.95. The lowest BCUT2D eigenvalue weighted by Crippen LogP contribution is -2.35. The van der Waals surface area contributed by atoms with Crippen LogP contribution in [-0.4, -0.2) is 32.3 Å². The van der Waals surface area contributed by atoms with E-state index in [-0.39, 0.29) is 5.71 Å². The van der Waals surface area contributed by atoms with Crippen molar-refractivity contribution < 1.29 is 9.47 Å². The summed E-state index contributed by atoms with van der Waals surface area (Å²) in [6, 6.07) is 1.64. The van der Waals surface area contributed by atoms with Crippen LogP contribution in [0.5, 0.6) is 11.5 Å². The monoisotopic (exact) mass is 407 g/mol. The summed E-state index contributed by atoms with van der Waals surface area (Å²) in [6.45, 7) is 4.68. The Morgan fingerprint density at radius 2 is 1.78 bits per heavy atom. The van der Waals surface area contributed by atoms with Gasteiger partial charge in [0.2, 0.25) is 0 Å². The molecule has 2 aliphatic rings. The van der Waals surface area contributed by atoms with Gasteiger partial charge in [-0.3, -0.25) is 10.4 Å². The minimum atomic E-state index is 0.277. The normalized spacial score (nSPS) is 19.3. The fraction of sp³-hybridized carbons (Fsp3) is 0.400. The van der Waals surface area contributed by atoms with Crippen molar-refractivity contribution >= 4 is 40.4 Å². The van der Waals surface area contributed by atoms with Crippen molar-refractivity contribution in [3.63, 3.8) is 0 Å². The maximum atomic E-state index is 8.29. The first-order valence-electron chi connectivity index (χ1n) is 8.88. The number of amidine groups is 1. The molecular weight excluding hydrogens is 385 g/mol. The summed E-state index contributed by atoms with van der Waals surface area (Å²) in [5, 5.41) is 12.2. The van der Waals surface area contributed by atoms with Crippen LogP contribution >= 0.6 is 23.2 Å². The Morgan fingerprint density at radius 1 is 1.19 bits per heavy atom. The molecule has 0 amide bonds. The van der Waals surface area contributed by atoms with Gasteiger partial charge in [-0.25, -0.2) is 0 Å². The summed E-state index contributed by atoms with van der Waals surface area (Å²) in [5.41, 5.74) is 1.98. The molecule has 1 aliphatic heterocycles. The van der Waals surface area contributed by atoms with E-state index >= 15 is 0 Å². The van der Waals surface area contributed by atoms with Gasteiger partial charge in [-0.2, -0.15) is 0 Å². The number of aliphatic imine (C=N–C) groups is 1. The molecule has 0 saturated heterocycles. The summed E-state index contributed by atoms with van der Waals surface area (Å²) in [5.74, 6) is 1.97. The van der Waals surface area contributed by atoms with E-state index in [2.05, 4.69) is 16.9 Å². The first-order valence-corrected chi connectivity index (χ1v) is 9.63. The summed E-state index contributed by atoms with van der Waals surface area (Å²) < 4.78 is 10.7. The fourth-order valence-corrected chi connectivity index (χ4v) is 4.12. The molecule has 0 bridgehead atoms. The van der Waals surface area contributed by atoms with Gasteiger partial charge in [0.05, 0.1) is 30.0 Å². The molecule has 1 aromatic carbocycles. The Morgan fingerprint density at radius 3 is 2.33 bits per heavy atom. The second-order valence-electron chi connectivity index (χ2n) is 6.71. The molecule has 0 radical (unpaired) electrons. The molecule has 3 rings (SSSR count). The number of benzene rings is 1. The molecule has 0 aromatic heterocycles. The number of hydrogen-bond donors (Lipinski definition) is 2. The van der Waals surface area contributed by atoms with Gasteiger partial charge in [-0.05, 0) is 30.4 Å². The Hall–Kier alpha value is -1.98. The zero-order valence-corrected chi connectivity index (χ0v) is 17.0. The van der Waals surface area contributed by atoms with Gasteiger partial charge in [0, 0.05) is 18.2 Å². The zero-order valence-electron chi connectivity index (χ0n) is 15.5. The molecule has 144 valence electrons. The molecule has 7 heteroatoms. The summed E-state index contributed by atoms with van der Waals surface area (Å²) >= 11 is 13.0.